The van der Waals surface area contributed by atoms with Gasteiger partial charge in [-0.3, -0.25) is 4.79 Å². The molecule has 2 aliphatic rings. The minimum absolute atomic E-state index is 0. The summed E-state index contributed by atoms with van der Waals surface area (Å²) >= 11 is 0. The molecule has 6 nitrogen and oxygen atoms in total. The third-order valence-corrected chi connectivity index (χ3v) is 14.4. The third kappa shape index (κ3) is 18.0. The Bertz CT molecular complexity index is 1030. The van der Waals surface area contributed by atoms with E-state index >= 15 is 0 Å². The second-order valence-corrected chi connectivity index (χ2v) is 18.5. The van der Waals surface area contributed by atoms with Gasteiger partial charge in [0.25, 0.3) is 0 Å². The first kappa shape index (κ1) is 54.2. The van der Waals surface area contributed by atoms with Crippen molar-refractivity contribution in [3.8, 4) is 0 Å². The topological polar surface area (TPSA) is 77.0 Å². The first-order valence-electron chi connectivity index (χ1n) is 23.3. The largest absolute Gasteiger partial charge is 0.387 e. The van der Waals surface area contributed by atoms with Gasteiger partial charge in [0.05, 0.1) is 36.6 Å². The summed E-state index contributed by atoms with van der Waals surface area (Å²) in [5.41, 5.74) is -0.239. The van der Waals surface area contributed by atoms with Crippen molar-refractivity contribution >= 4 is 5.91 Å². The van der Waals surface area contributed by atoms with Crippen LogP contribution in [0.25, 0.3) is 0 Å². The average Bonchev–Trinajstić information content (AvgIpc) is 3.15. The quantitative estimate of drug-likeness (QED) is 0.0633. The predicted octanol–water partition coefficient (Wildman–Crippen LogP) is 12.5. The van der Waals surface area contributed by atoms with Crippen LogP contribution in [0.15, 0.2) is 12.2 Å². The summed E-state index contributed by atoms with van der Waals surface area (Å²) in [4.78, 5) is 13.2. The van der Waals surface area contributed by atoms with Crippen molar-refractivity contribution in [2.75, 3.05) is 6.61 Å². The van der Waals surface area contributed by atoms with Crippen LogP contribution in [0.2, 0.25) is 0 Å². The molecule has 0 radical (unpaired) electrons. The minimum Gasteiger partial charge on any atom is -0.387 e. The van der Waals surface area contributed by atoms with E-state index in [1.807, 2.05) is 6.08 Å². The van der Waals surface area contributed by atoms with Crippen molar-refractivity contribution in [1.82, 2.24) is 5.32 Å². The Morgan fingerprint density at radius 3 is 1.95 bits per heavy atom. The van der Waals surface area contributed by atoms with Gasteiger partial charge in [-0.1, -0.05) is 172 Å². The van der Waals surface area contributed by atoms with Crippen LogP contribution in [-0.4, -0.2) is 53.9 Å². The molecule has 2 N–H and O–H groups in total. The Morgan fingerprint density at radius 1 is 0.855 bits per heavy atom. The van der Waals surface area contributed by atoms with E-state index in [9.17, 15) is 9.90 Å². The van der Waals surface area contributed by atoms with Gasteiger partial charge in [-0.15, -0.1) is 0 Å². The van der Waals surface area contributed by atoms with Crippen LogP contribution in [-0.2, 0) is 19.0 Å². The fourth-order valence-corrected chi connectivity index (χ4v) is 9.91. The molecule has 0 aromatic rings. The molecule has 2 heterocycles. The number of carbonyl (C=O) groups excluding carboxylic acids is 1. The molecular weight excluding hydrogens is 893 g/mol. The maximum absolute atomic E-state index is 13.2. The molecule has 55 heavy (non-hydrogen) atoms. The zero-order valence-corrected chi connectivity index (χ0v) is 40.8. The normalized spacial score (nSPS) is 31.4. The zero-order chi connectivity index (χ0) is 40.3. The average molecular weight is 984 g/mol. The molecule has 1 amide bonds. The summed E-state index contributed by atoms with van der Waals surface area (Å²) in [6, 6.07) is -0.530. The van der Waals surface area contributed by atoms with E-state index in [2.05, 4.69) is 88.4 Å². The number of amides is 1. The molecule has 7 heteroatoms. The van der Waals surface area contributed by atoms with Gasteiger partial charge in [0.15, 0.2) is 6.29 Å². The van der Waals surface area contributed by atoms with E-state index in [1.54, 1.807) is 6.08 Å². The Hall–Kier alpha value is 1.17. The molecule has 2 saturated heterocycles. The number of aliphatic hydroxyl groups excluding tert-OH is 1. The molecule has 0 bridgehead atoms. The number of aliphatic hydroxyl groups is 1. The summed E-state index contributed by atoms with van der Waals surface area (Å²) in [5.74, 6) is 3.37. The van der Waals surface area contributed by atoms with Crippen molar-refractivity contribution in [2.45, 2.75) is 235 Å². The van der Waals surface area contributed by atoms with Crippen LogP contribution in [0.3, 0.4) is 0 Å². The second kappa shape index (κ2) is 29.4. The van der Waals surface area contributed by atoms with Gasteiger partial charge in [0.2, 0.25) is 5.91 Å². The number of carbonyl (C=O) groups is 1. The van der Waals surface area contributed by atoms with E-state index in [-0.39, 0.29) is 108 Å². The first-order valence-corrected chi connectivity index (χ1v) is 23.3. The minimum atomic E-state index is -0.822. The molecule has 2 rings (SSSR count). The van der Waals surface area contributed by atoms with Crippen LogP contribution in [0.4, 0.5) is 0 Å². The van der Waals surface area contributed by atoms with Crippen molar-refractivity contribution in [2.24, 2.45) is 47.3 Å². The van der Waals surface area contributed by atoms with Crippen LogP contribution in [0, 0.1) is 119 Å². The molecule has 2 aliphatic heterocycles. The molecule has 0 aromatic carbocycles. The number of allylic oxidation sites excluding steroid dienone is 1. The van der Waals surface area contributed by atoms with E-state index < -0.39 is 18.4 Å². The molecule has 2 fully saturated rings. The van der Waals surface area contributed by atoms with Gasteiger partial charge in [-0.05, 0) is 74.0 Å². The van der Waals surface area contributed by atoms with Gasteiger partial charge in [0, 0.05) is 84.2 Å². The van der Waals surface area contributed by atoms with Crippen LogP contribution in [0.5, 0.6) is 0 Å². The predicted molar refractivity (Wildman–Crippen MR) is 228 cm³/mol. The van der Waals surface area contributed by atoms with Crippen molar-refractivity contribution in [1.29, 1.82) is 0 Å². The van der Waals surface area contributed by atoms with E-state index in [4.69, 9.17) is 14.2 Å². The van der Waals surface area contributed by atoms with Crippen LogP contribution in [0.1, 0.15) is 199 Å². The second-order valence-electron chi connectivity index (χ2n) is 18.5. The summed E-state index contributed by atoms with van der Waals surface area (Å²) in [6.07, 6.45) is 23.9. The van der Waals surface area contributed by atoms with E-state index in [1.165, 1.54) is 77.0 Å². The van der Waals surface area contributed by atoms with E-state index in [0.29, 0.717) is 47.8 Å². The number of nitrogens with one attached hydrogen (secondary N) is 1. The number of hydrogen-bond donors (Lipinski definition) is 2. The first-order chi connectivity index (χ1) is 25.8. The maximum atomic E-state index is 13.2. The Morgan fingerprint density at radius 2 is 1.42 bits per heavy atom. The number of hydrogen-bond acceptors (Lipinski definition) is 5. The molecule has 0 aromatic heterocycles. The fraction of sp³-hybridized carbons (Fsp3) is 0.938. The molecule has 13 unspecified atom stereocenters. The summed E-state index contributed by atoms with van der Waals surface area (Å²) < 4.78 is 20.6. The van der Waals surface area contributed by atoms with Gasteiger partial charge in [-0.2, -0.15) is 0 Å². The van der Waals surface area contributed by atoms with Gasteiger partial charge in [-0.25, -0.2) is 0 Å². The summed E-state index contributed by atoms with van der Waals surface area (Å²) in [7, 11) is 0. The van der Waals surface area contributed by atoms with Crippen molar-refractivity contribution < 1.29 is 96.0 Å². The molecular formula is C48H91NO5Rn. The van der Waals surface area contributed by atoms with E-state index in [0.717, 1.165) is 32.1 Å². The standard InChI is InChI=1S/C48H91NO5.Rn/c1-13-17-19-20-21-22-23-24-25-26-27-28-29-31-44(51)49-41(42(50)30-18-14-2)33-52-47-39(10)45(38(9)43(16-4)53-47)40(11)48(12)32-35(6)37(8)46(54-48)36(7)34(5)15-3;/h18,30,34-43,45-47,50H,13-17,19-29,31-33H2,1-12H3,(H,49,51);/b30-18+;/t34?,35?,36?,37?,38?,39?,40-,41?,42?,43?,45?,46?,47?,48?;/m0./s1. The van der Waals surface area contributed by atoms with Crippen LogP contribution < -0.4 is 5.32 Å². The Kier molecular flexibility index (Phi) is 29.0. The van der Waals surface area contributed by atoms with Gasteiger partial charge >= 0.3 is 0 Å². The third-order valence-electron chi connectivity index (χ3n) is 14.4. The van der Waals surface area contributed by atoms with Gasteiger partial charge in [0.1, 0.15) is 0 Å². The SMILES string of the molecule is CC/C=C/C(O)C(COC1OC(CC)C(C)C([C@H](C)C2(C)CC(C)C(C)C(C(C)C(C)CC)O2)C1C)NC(=O)CCCCCCCCCCCCCCC.[Rn]. The Balaban J connectivity index is 0.0000151. The molecule has 0 saturated carbocycles. The maximum Gasteiger partial charge on any atom is 0.220 e. The summed E-state index contributed by atoms with van der Waals surface area (Å²) in [6.45, 7) is 28.1. The summed E-state index contributed by atoms with van der Waals surface area (Å²) in [5, 5.41) is 14.3. The molecule has 14 atom stereocenters. The van der Waals surface area contributed by atoms with Gasteiger partial charge < -0.3 is 24.6 Å². The van der Waals surface area contributed by atoms with Crippen molar-refractivity contribution in [3.05, 3.63) is 12.2 Å². The monoisotopic (exact) mass is 984 g/mol. The van der Waals surface area contributed by atoms with Crippen molar-refractivity contribution in [3.63, 3.8) is 0 Å². The smallest absolute Gasteiger partial charge is 0.220 e. The molecule has 0 spiro atoms. The number of ether oxygens (including phenoxy) is 3. The fourth-order valence-electron chi connectivity index (χ4n) is 9.91. The van der Waals surface area contributed by atoms with Crippen LogP contribution >= 0.6 is 0 Å². The Labute approximate surface area is 403 Å². The number of unbranched alkanes of at least 4 members (excludes halogenated alkanes) is 12. The molecule has 0 aliphatic carbocycles. The molecule has 326 valence electrons. The number of rotatable bonds is 27. The zero-order valence-electron chi connectivity index (χ0n) is 38.0.